The van der Waals surface area contributed by atoms with E-state index in [9.17, 15) is 4.79 Å². The summed E-state index contributed by atoms with van der Waals surface area (Å²) in [6.07, 6.45) is 0. The second kappa shape index (κ2) is 5.27. The van der Waals surface area contributed by atoms with Crippen LogP contribution < -0.4 is 14.8 Å². The Kier molecular flexibility index (Phi) is 3.72. The van der Waals surface area contributed by atoms with Gasteiger partial charge in [0.2, 0.25) is 0 Å². The molecule has 5 nitrogen and oxygen atoms in total. The molecule has 1 heterocycles. The van der Waals surface area contributed by atoms with E-state index in [-0.39, 0.29) is 11.9 Å². The molecule has 1 saturated heterocycles. The van der Waals surface area contributed by atoms with Crippen LogP contribution in [-0.2, 0) is 0 Å². The molecule has 2 rings (SSSR count). The summed E-state index contributed by atoms with van der Waals surface area (Å²) < 4.78 is 10.3. The van der Waals surface area contributed by atoms with Gasteiger partial charge in [-0.25, -0.2) is 0 Å². The molecule has 0 atom stereocenters. The van der Waals surface area contributed by atoms with E-state index < -0.39 is 0 Å². The number of nitrogens with one attached hydrogen (secondary N) is 1. The summed E-state index contributed by atoms with van der Waals surface area (Å²) in [5.74, 6) is 1.23. The topological polar surface area (TPSA) is 50.8 Å². The Morgan fingerprint density at radius 2 is 1.78 bits per heavy atom. The second-order valence-electron chi connectivity index (χ2n) is 4.33. The third-order valence-electron chi connectivity index (χ3n) is 3.23. The molecule has 98 valence electrons. The van der Waals surface area contributed by atoms with Crippen molar-refractivity contribution < 1.29 is 14.3 Å². The Morgan fingerprint density at radius 1 is 1.22 bits per heavy atom. The Balaban J connectivity index is 2.22. The first-order valence-corrected chi connectivity index (χ1v) is 5.86. The monoisotopic (exact) mass is 250 g/mol. The number of likely N-dealkylation sites (N-methyl/N-ethyl adjacent to an activating group) is 1. The van der Waals surface area contributed by atoms with Gasteiger partial charge < -0.3 is 19.7 Å². The first kappa shape index (κ1) is 12.7. The van der Waals surface area contributed by atoms with Crippen molar-refractivity contribution in [2.45, 2.75) is 6.04 Å². The molecule has 0 saturated carbocycles. The van der Waals surface area contributed by atoms with Crippen LogP contribution in [0.3, 0.4) is 0 Å². The van der Waals surface area contributed by atoms with E-state index in [1.165, 1.54) is 0 Å². The highest BCUT2D eigenvalue weighted by Crippen LogP contribution is 2.23. The minimum atomic E-state index is -0.0151. The number of benzene rings is 1. The van der Waals surface area contributed by atoms with E-state index in [1.807, 2.05) is 7.05 Å². The molecule has 1 aliphatic heterocycles. The van der Waals surface area contributed by atoms with Crippen molar-refractivity contribution in [2.24, 2.45) is 0 Å². The van der Waals surface area contributed by atoms with Crippen LogP contribution in [0.15, 0.2) is 18.2 Å². The van der Waals surface area contributed by atoms with Gasteiger partial charge in [0.05, 0.1) is 20.3 Å². The smallest absolute Gasteiger partial charge is 0.254 e. The van der Waals surface area contributed by atoms with Gasteiger partial charge in [-0.05, 0) is 12.1 Å². The maximum absolute atomic E-state index is 12.3. The number of carbonyl (C=O) groups excluding carboxylic acids is 1. The number of nitrogens with zero attached hydrogens (tertiary/aromatic N) is 1. The molecule has 1 amide bonds. The van der Waals surface area contributed by atoms with Crippen molar-refractivity contribution in [2.75, 3.05) is 34.4 Å². The molecule has 0 radical (unpaired) electrons. The van der Waals surface area contributed by atoms with Gasteiger partial charge >= 0.3 is 0 Å². The molecule has 0 unspecified atom stereocenters. The molecule has 0 bridgehead atoms. The van der Waals surface area contributed by atoms with Crippen LogP contribution in [0.5, 0.6) is 11.5 Å². The van der Waals surface area contributed by atoms with Crippen molar-refractivity contribution in [1.29, 1.82) is 0 Å². The maximum atomic E-state index is 12.3. The maximum Gasteiger partial charge on any atom is 0.254 e. The van der Waals surface area contributed by atoms with Gasteiger partial charge in [-0.2, -0.15) is 0 Å². The molecular weight excluding hydrogens is 232 g/mol. The summed E-state index contributed by atoms with van der Waals surface area (Å²) in [6.45, 7) is 1.70. The van der Waals surface area contributed by atoms with Crippen LogP contribution in [0.4, 0.5) is 0 Å². The molecule has 0 aromatic heterocycles. The van der Waals surface area contributed by atoms with Gasteiger partial charge in [-0.1, -0.05) is 0 Å². The zero-order chi connectivity index (χ0) is 13.1. The standard InChI is InChI=1S/C13H18N2O3/c1-15(10-7-14-8-10)13(16)9-4-11(17-2)6-12(5-9)18-3/h4-6,10,14H,7-8H2,1-3H3. The molecule has 18 heavy (non-hydrogen) atoms. The van der Waals surface area contributed by atoms with Crippen LogP contribution in [0.1, 0.15) is 10.4 Å². The molecule has 1 aromatic carbocycles. The van der Waals surface area contributed by atoms with Crippen LogP contribution in [0.25, 0.3) is 0 Å². The fourth-order valence-corrected chi connectivity index (χ4v) is 1.85. The number of hydrogen-bond acceptors (Lipinski definition) is 4. The number of ether oxygens (including phenoxy) is 2. The zero-order valence-electron chi connectivity index (χ0n) is 10.9. The number of rotatable bonds is 4. The van der Waals surface area contributed by atoms with Crippen LogP contribution >= 0.6 is 0 Å². The minimum Gasteiger partial charge on any atom is -0.497 e. The predicted octanol–water partition coefficient (Wildman–Crippen LogP) is 0.748. The Morgan fingerprint density at radius 3 is 2.17 bits per heavy atom. The Labute approximate surface area is 107 Å². The highest BCUT2D eigenvalue weighted by molar-refractivity contribution is 5.95. The van der Waals surface area contributed by atoms with Crippen molar-refractivity contribution in [3.05, 3.63) is 23.8 Å². The van der Waals surface area contributed by atoms with Gasteiger partial charge in [0.15, 0.2) is 0 Å². The summed E-state index contributed by atoms with van der Waals surface area (Å²) in [5, 5.41) is 3.15. The fraction of sp³-hybridized carbons (Fsp3) is 0.462. The number of amides is 1. The van der Waals surface area contributed by atoms with Crippen molar-refractivity contribution in [3.8, 4) is 11.5 Å². The predicted molar refractivity (Wildman–Crippen MR) is 68.3 cm³/mol. The van der Waals surface area contributed by atoms with E-state index in [2.05, 4.69) is 5.32 Å². The largest absolute Gasteiger partial charge is 0.497 e. The molecule has 1 aliphatic rings. The fourth-order valence-electron chi connectivity index (χ4n) is 1.85. The third-order valence-corrected chi connectivity index (χ3v) is 3.23. The molecule has 1 aromatic rings. The zero-order valence-corrected chi connectivity index (χ0v) is 10.9. The lowest BCUT2D eigenvalue weighted by atomic mass is 10.1. The van der Waals surface area contributed by atoms with E-state index >= 15 is 0 Å². The van der Waals surface area contributed by atoms with Crippen LogP contribution in [-0.4, -0.2) is 51.2 Å². The van der Waals surface area contributed by atoms with Gasteiger partial charge in [-0.15, -0.1) is 0 Å². The SMILES string of the molecule is COc1cc(OC)cc(C(=O)N(C)C2CNC2)c1. The van der Waals surface area contributed by atoms with Crippen LogP contribution in [0, 0.1) is 0 Å². The number of hydrogen-bond donors (Lipinski definition) is 1. The molecule has 0 aliphatic carbocycles. The van der Waals surface area contributed by atoms with Crippen LogP contribution in [0.2, 0.25) is 0 Å². The lowest BCUT2D eigenvalue weighted by Crippen LogP contribution is -2.57. The highest BCUT2D eigenvalue weighted by Gasteiger charge is 2.26. The van der Waals surface area contributed by atoms with Crippen molar-refractivity contribution >= 4 is 5.91 Å². The molecule has 5 heteroatoms. The number of methoxy groups -OCH3 is 2. The highest BCUT2D eigenvalue weighted by atomic mass is 16.5. The van der Waals surface area contributed by atoms with Gasteiger partial charge in [0.1, 0.15) is 11.5 Å². The quantitative estimate of drug-likeness (QED) is 0.856. The molecular formula is C13H18N2O3. The molecule has 1 fully saturated rings. The lowest BCUT2D eigenvalue weighted by molar-refractivity contribution is 0.0680. The summed E-state index contributed by atoms with van der Waals surface area (Å²) >= 11 is 0. The first-order chi connectivity index (χ1) is 8.65. The Bertz CT molecular complexity index is 422. The summed E-state index contributed by atoms with van der Waals surface area (Å²) in [5.41, 5.74) is 0.584. The molecule has 1 N–H and O–H groups in total. The van der Waals surface area contributed by atoms with Gasteiger partial charge in [-0.3, -0.25) is 4.79 Å². The minimum absolute atomic E-state index is 0.0151. The average molecular weight is 250 g/mol. The lowest BCUT2D eigenvalue weighted by Gasteiger charge is -2.35. The van der Waals surface area contributed by atoms with E-state index in [0.717, 1.165) is 13.1 Å². The van der Waals surface area contributed by atoms with E-state index in [1.54, 1.807) is 37.3 Å². The Hall–Kier alpha value is -1.75. The normalized spacial score (nSPS) is 14.8. The van der Waals surface area contributed by atoms with Gasteiger partial charge in [0, 0.05) is 31.8 Å². The van der Waals surface area contributed by atoms with Crippen molar-refractivity contribution in [3.63, 3.8) is 0 Å². The average Bonchev–Trinajstić information content (AvgIpc) is 2.34. The summed E-state index contributed by atoms with van der Waals surface area (Å²) in [6, 6.07) is 5.48. The summed E-state index contributed by atoms with van der Waals surface area (Å²) in [7, 11) is 4.96. The number of carbonyl (C=O) groups is 1. The van der Waals surface area contributed by atoms with E-state index in [4.69, 9.17) is 9.47 Å². The third kappa shape index (κ3) is 2.41. The van der Waals surface area contributed by atoms with Gasteiger partial charge in [0.25, 0.3) is 5.91 Å². The van der Waals surface area contributed by atoms with E-state index in [0.29, 0.717) is 17.1 Å². The molecule has 0 spiro atoms. The second-order valence-corrected chi connectivity index (χ2v) is 4.33. The van der Waals surface area contributed by atoms with Crippen molar-refractivity contribution in [1.82, 2.24) is 10.2 Å². The first-order valence-electron chi connectivity index (χ1n) is 5.86. The summed E-state index contributed by atoms with van der Waals surface area (Å²) in [4.78, 5) is 14.1.